The molecule has 53 heavy (non-hydrogen) atoms. The predicted molar refractivity (Wildman–Crippen MR) is 215 cm³/mol. The molecule has 7 aromatic carbocycles. The predicted octanol–water partition coefficient (Wildman–Crippen LogP) is 12.8. The molecule has 0 amide bonds. The van der Waals surface area contributed by atoms with Crippen LogP contribution in [0.3, 0.4) is 0 Å². The summed E-state index contributed by atoms with van der Waals surface area (Å²) < 4.78 is 13.4. The fourth-order valence-corrected chi connectivity index (χ4v) is 8.12. The zero-order valence-corrected chi connectivity index (χ0v) is 28.9. The van der Waals surface area contributed by atoms with Crippen LogP contribution in [-0.4, -0.2) is 15.0 Å². The van der Waals surface area contributed by atoms with Crippen molar-refractivity contribution in [2.75, 3.05) is 0 Å². The maximum atomic E-state index is 6.93. The molecule has 0 saturated carbocycles. The van der Waals surface area contributed by atoms with Gasteiger partial charge in [-0.25, -0.2) is 15.0 Å². The van der Waals surface area contributed by atoms with Crippen molar-refractivity contribution >= 4 is 60.0 Å². The van der Waals surface area contributed by atoms with Crippen LogP contribution in [0, 0.1) is 0 Å². The summed E-state index contributed by atoms with van der Waals surface area (Å²) in [6.45, 7) is 2.22. The van der Waals surface area contributed by atoms with E-state index in [4.69, 9.17) is 23.8 Å². The van der Waals surface area contributed by atoms with Gasteiger partial charge in [0, 0.05) is 55.5 Å². The molecule has 0 saturated heterocycles. The van der Waals surface area contributed by atoms with Crippen LogP contribution in [0.4, 0.5) is 0 Å². The number of aromatic nitrogens is 3. The molecule has 5 heteroatoms. The molecule has 0 fully saturated rings. The van der Waals surface area contributed by atoms with Crippen LogP contribution in [0.2, 0.25) is 0 Å². The van der Waals surface area contributed by atoms with Crippen molar-refractivity contribution in [3.63, 3.8) is 0 Å². The lowest BCUT2D eigenvalue weighted by atomic mass is 9.87. The smallest absolute Gasteiger partial charge is 0.164 e. The molecule has 1 atom stereocenters. The van der Waals surface area contributed by atoms with Crippen LogP contribution in [-0.2, 0) is 0 Å². The molecule has 0 spiro atoms. The molecule has 1 unspecified atom stereocenters. The van der Waals surface area contributed by atoms with Crippen molar-refractivity contribution in [2.45, 2.75) is 19.3 Å². The lowest BCUT2D eigenvalue weighted by Crippen LogP contribution is -2.08. The largest absolute Gasteiger partial charge is 0.459 e. The minimum atomic E-state index is 0.180. The van der Waals surface area contributed by atoms with Crippen LogP contribution in [0.5, 0.6) is 0 Å². The summed E-state index contributed by atoms with van der Waals surface area (Å²) >= 11 is 0. The van der Waals surface area contributed by atoms with Gasteiger partial charge in [0.25, 0.3) is 0 Å². The molecule has 0 N–H and O–H groups in total. The third-order valence-corrected chi connectivity index (χ3v) is 10.7. The van der Waals surface area contributed by atoms with E-state index in [0.717, 1.165) is 78.5 Å². The zero-order chi connectivity index (χ0) is 35.0. The molecule has 5 nitrogen and oxygen atoms in total. The Hall–Kier alpha value is -6.85. The van der Waals surface area contributed by atoms with Gasteiger partial charge >= 0.3 is 0 Å². The van der Waals surface area contributed by atoms with Crippen molar-refractivity contribution in [1.29, 1.82) is 0 Å². The molecule has 0 radical (unpaired) electrons. The fourth-order valence-electron chi connectivity index (χ4n) is 8.12. The number of nitrogens with zero attached hydrogens (tertiary/aromatic N) is 3. The van der Waals surface area contributed by atoms with E-state index in [0.29, 0.717) is 17.5 Å². The molecule has 11 rings (SSSR count). The van der Waals surface area contributed by atoms with Crippen molar-refractivity contribution < 1.29 is 8.83 Å². The summed E-state index contributed by atoms with van der Waals surface area (Å²) in [5.74, 6) is 3.03. The Morgan fingerprint density at radius 2 is 1.11 bits per heavy atom. The molecule has 3 heterocycles. The summed E-state index contributed by atoms with van der Waals surface area (Å²) in [6, 6.07) is 50.5. The number of hydrogen-bond donors (Lipinski definition) is 0. The monoisotopic (exact) mass is 681 g/mol. The molecule has 1 aliphatic carbocycles. The summed E-state index contributed by atoms with van der Waals surface area (Å²) in [6.07, 6.45) is 3.08. The average molecular weight is 682 g/mol. The Bertz CT molecular complexity index is 3120. The zero-order valence-electron chi connectivity index (χ0n) is 28.9. The van der Waals surface area contributed by atoms with Gasteiger partial charge in [-0.05, 0) is 40.1 Å². The molecule has 0 aliphatic heterocycles. The van der Waals surface area contributed by atoms with E-state index < -0.39 is 0 Å². The van der Waals surface area contributed by atoms with Crippen LogP contribution in [0.1, 0.15) is 36.4 Å². The van der Waals surface area contributed by atoms with E-state index in [1.165, 1.54) is 21.5 Å². The number of allylic oxidation sites excluding steroid dienone is 1. The molecule has 0 bridgehead atoms. The fraction of sp³-hybridized carbons (Fsp3) is 0.0625. The third-order valence-electron chi connectivity index (χ3n) is 10.7. The van der Waals surface area contributed by atoms with Gasteiger partial charge < -0.3 is 8.83 Å². The van der Waals surface area contributed by atoms with Crippen molar-refractivity contribution in [1.82, 2.24) is 15.0 Å². The van der Waals surface area contributed by atoms with Gasteiger partial charge in [0.15, 0.2) is 17.5 Å². The number of furan rings is 2. The molecule has 250 valence electrons. The standard InChI is InChI=1S/C48H31N3O2/c1-28-21-26-39(42-38-19-10-18-37(45(38)53-43(28)42)36-17-9-16-35-34-15-7-8-20-41(34)52-44(35)36)48-50-46(31-12-3-2-4-13-31)49-47(51-48)32-25-24-30-23-22-29-11-5-6-14-33(29)40(30)27-32/h2-20,22-28H,21H2,1H3. The highest BCUT2D eigenvalue weighted by Crippen LogP contribution is 2.47. The quantitative estimate of drug-likeness (QED) is 0.173. The van der Waals surface area contributed by atoms with Gasteiger partial charge in [0.1, 0.15) is 22.5 Å². The summed E-state index contributed by atoms with van der Waals surface area (Å²) in [5.41, 5.74) is 8.45. The Kier molecular flexibility index (Phi) is 6.52. The molecule has 10 aromatic rings. The van der Waals surface area contributed by atoms with E-state index in [1.54, 1.807) is 0 Å². The number of rotatable bonds is 4. The maximum Gasteiger partial charge on any atom is 0.164 e. The van der Waals surface area contributed by atoms with Gasteiger partial charge in [0.05, 0.1) is 0 Å². The summed E-state index contributed by atoms with van der Waals surface area (Å²) in [7, 11) is 0. The van der Waals surface area contributed by atoms with Gasteiger partial charge in [0.2, 0.25) is 0 Å². The summed E-state index contributed by atoms with van der Waals surface area (Å²) in [4.78, 5) is 15.5. The second kappa shape index (κ2) is 11.6. The number of hydrogen-bond acceptors (Lipinski definition) is 5. The van der Waals surface area contributed by atoms with E-state index in [9.17, 15) is 0 Å². The molecular weight excluding hydrogens is 651 g/mol. The third kappa shape index (κ3) is 4.67. The van der Waals surface area contributed by atoms with E-state index in [1.807, 2.05) is 30.3 Å². The maximum absolute atomic E-state index is 6.93. The first-order valence-electron chi connectivity index (χ1n) is 18.1. The second-order valence-corrected chi connectivity index (χ2v) is 14.0. The van der Waals surface area contributed by atoms with Crippen LogP contribution < -0.4 is 0 Å². The van der Waals surface area contributed by atoms with Crippen molar-refractivity contribution in [3.8, 4) is 33.9 Å². The molecular formula is C48H31N3O2. The van der Waals surface area contributed by atoms with E-state index in [-0.39, 0.29) is 5.92 Å². The van der Waals surface area contributed by atoms with E-state index in [2.05, 4.69) is 128 Å². The van der Waals surface area contributed by atoms with Crippen LogP contribution in [0.25, 0.3) is 93.9 Å². The Morgan fingerprint density at radius 3 is 1.94 bits per heavy atom. The number of benzene rings is 7. The lowest BCUT2D eigenvalue weighted by molar-refractivity contribution is 0.503. The number of fused-ring (bicyclic) bond motifs is 9. The highest BCUT2D eigenvalue weighted by Gasteiger charge is 2.30. The van der Waals surface area contributed by atoms with Crippen LogP contribution >= 0.6 is 0 Å². The normalized spacial score (nSPS) is 14.4. The molecule has 1 aliphatic rings. The molecule has 3 aromatic heterocycles. The first kappa shape index (κ1) is 29.8. The highest BCUT2D eigenvalue weighted by atomic mass is 16.3. The van der Waals surface area contributed by atoms with Gasteiger partial charge in [-0.3, -0.25) is 0 Å². The Balaban J connectivity index is 1.12. The SMILES string of the molecule is CC1CC=C(c2nc(-c3ccccc3)nc(-c3ccc4ccc5ccccc5c4c3)n2)c2c1oc1c(-c3cccc4c3oc3ccccc34)cccc21. The van der Waals surface area contributed by atoms with Crippen molar-refractivity contribution in [3.05, 3.63) is 169 Å². The number of para-hydroxylation sites is 3. The first-order valence-corrected chi connectivity index (χ1v) is 18.1. The van der Waals surface area contributed by atoms with Crippen LogP contribution in [0.15, 0.2) is 161 Å². The first-order chi connectivity index (χ1) is 26.2. The minimum Gasteiger partial charge on any atom is -0.459 e. The Morgan fingerprint density at radius 1 is 0.491 bits per heavy atom. The topological polar surface area (TPSA) is 65.0 Å². The average Bonchev–Trinajstić information content (AvgIpc) is 3.81. The van der Waals surface area contributed by atoms with Crippen molar-refractivity contribution in [2.24, 2.45) is 0 Å². The van der Waals surface area contributed by atoms with Gasteiger partial charge in [-0.2, -0.15) is 0 Å². The Labute approximate surface area is 304 Å². The highest BCUT2D eigenvalue weighted by molar-refractivity contribution is 6.13. The summed E-state index contributed by atoms with van der Waals surface area (Å²) in [5, 5.41) is 7.99. The van der Waals surface area contributed by atoms with E-state index >= 15 is 0 Å². The van der Waals surface area contributed by atoms with Gasteiger partial charge in [-0.15, -0.1) is 0 Å². The lowest BCUT2D eigenvalue weighted by Gasteiger charge is -2.18. The minimum absolute atomic E-state index is 0.180. The second-order valence-electron chi connectivity index (χ2n) is 14.0. The van der Waals surface area contributed by atoms with Gasteiger partial charge in [-0.1, -0.05) is 146 Å².